The van der Waals surface area contributed by atoms with Crippen LogP contribution in [0.25, 0.3) is 164 Å². The fraction of sp³-hybridized carbons (Fsp3) is 0. The van der Waals surface area contributed by atoms with Gasteiger partial charge in [-0.25, -0.2) is 0 Å². The number of fused-ring (bicyclic) bond motifs is 18. The lowest BCUT2D eigenvalue weighted by Crippen LogP contribution is -1.94. The Bertz CT molecular complexity index is 4910. The van der Waals surface area contributed by atoms with Crippen LogP contribution in [-0.4, -0.2) is 9.13 Å². The molecule has 0 bridgehead atoms. The molecule has 342 valence electrons. The van der Waals surface area contributed by atoms with Gasteiger partial charge in [-0.05, 0) is 187 Å². The molecule has 0 radical (unpaired) electrons. The Kier molecular flexibility index (Phi) is 7.97. The van der Waals surface area contributed by atoms with E-state index >= 15 is 0 Å². The van der Waals surface area contributed by atoms with E-state index < -0.39 is 0 Å². The van der Waals surface area contributed by atoms with E-state index in [-0.39, 0.29) is 0 Å². The SMILES string of the molecule is c1ccc(-n2c3ccccc3c3cc4c(cc32)c(-c2ccc3oc5ccccc5c3c2)cc2cc3c(cc(-c5ccc6oc7ccccc7c6c5)c5cc6c(cc53)c3ccccc3n6-c3ccccc3)cc24)cc1. The van der Waals surface area contributed by atoms with Gasteiger partial charge in [0.05, 0.1) is 22.1 Å². The minimum Gasteiger partial charge on any atom is -0.456 e. The first-order valence-corrected chi connectivity index (χ1v) is 25.4. The largest absolute Gasteiger partial charge is 0.456 e. The molecule has 17 rings (SSSR count). The fourth-order valence-electron chi connectivity index (χ4n) is 12.7. The van der Waals surface area contributed by atoms with Crippen molar-refractivity contribution in [2.45, 2.75) is 0 Å². The minimum absolute atomic E-state index is 0.889. The van der Waals surface area contributed by atoms with E-state index in [4.69, 9.17) is 8.83 Å². The maximum Gasteiger partial charge on any atom is 0.135 e. The zero-order valence-corrected chi connectivity index (χ0v) is 39.8. The van der Waals surface area contributed by atoms with Gasteiger partial charge in [-0.2, -0.15) is 0 Å². The maximum absolute atomic E-state index is 6.40. The number of nitrogens with zero attached hydrogens (tertiary/aromatic N) is 2. The standard InChI is InChI=1S/C70H40N2O2/c1-3-15-45(16-4-1)71-63-23-11-7-19-47(63)59-37-55-53-35-44-34-52(42-28-30-70-62(32-42)50-22-10-14-26-68(50)74-70)58-40-66-60(48-20-8-12-24-64(48)72(66)46-17-5-2-6-18-46)38-56(58)54(44)36-43(53)33-51(57(55)39-65(59)71)41-27-29-69-61(31-41)49-21-9-13-25-67(49)73-69/h1-40H. The zero-order valence-electron chi connectivity index (χ0n) is 39.8. The average Bonchev–Trinajstić information content (AvgIpc) is 4.25. The van der Waals surface area contributed by atoms with E-state index in [1.807, 2.05) is 12.1 Å². The van der Waals surface area contributed by atoms with E-state index in [1.54, 1.807) is 0 Å². The lowest BCUT2D eigenvalue weighted by molar-refractivity contribution is 0.668. The first-order valence-electron chi connectivity index (χ1n) is 25.4. The summed E-state index contributed by atoms with van der Waals surface area (Å²) in [6.45, 7) is 0. The van der Waals surface area contributed by atoms with Crippen molar-refractivity contribution in [3.8, 4) is 33.6 Å². The van der Waals surface area contributed by atoms with Gasteiger partial charge in [-0.1, -0.05) is 121 Å². The molecule has 0 aliphatic rings. The molecule has 17 aromatic rings. The van der Waals surface area contributed by atoms with Crippen molar-refractivity contribution >= 4 is 131 Å². The van der Waals surface area contributed by atoms with Crippen LogP contribution >= 0.6 is 0 Å². The molecule has 13 aromatic carbocycles. The van der Waals surface area contributed by atoms with Crippen molar-refractivity contribution in [2.75, 3.05) is 0 Å². The molecule has 4 heterocycles. The molecule has 0 saturated carbocycles. The predicted molar refractivity (Wildman–Crippen MR) is 311 cm³/mol. The summed E-state index contributed by atoms with van der Waals surface area (Å²) in [6.07, 6.45) is 0. The Morgan fingerprint density at radius 3 is 1.07 bits per heavy atom. The number of aromatic nitrogens is 2. The topological polar surface area (TPSA) is 36.1 Å². The molecule has 4 heteroatoms. The van der Waals surface area contributed by atoms with Gasteiger partial charge in [0.25, 0.3) is 0 Å². The quantitative estimate of drug-likeness (QED) is 0.130. The van der Waals surface area contributed by atoms with Crippen molar-refractivity contribution in [2.24, 2.45) is 0 Å². The van der Waals surface area contributed by atoms with Crippen molar-refractivity contribution in [1.29, 1.82) is 0 Å². The monoisotopic (exact) mass is 940 g/mol. The number of hydrogen-bond donors (Lipinski definition) is 0. The highest BCUT2D eigenvalue weighted by Crippen LogP contribution is 2.47. The summed E-state index contributed by atoms with van der Waals surface area (Å²) >= 11 is 0. The molecule has 4 nitrogen and oxygen atoms in total. The number of rotatable bonds is 4. The summed E-state index contributed by atoms with van der Waals surface area (Å²) < 4.78 is 17.7. The van der Waals surface area contributed by atoms with Crippen LogP contribution in [0.1, 0.15) is 0 Å². The Balaban J connectivity index is 1.02. The van der Waals surface area contributed by atoms with Crippen molar-refractivity contribution in [3.63, 3.8) is 0 Å². The van der Waals surface area contributed by atoms with E-state index in [0.29, 0.717) is 0 Å². The maximum atomic E-state index is 6.40. The molecule has 0 N–H and O–H groups in total. The van der Waals surface area contributed by atoms with Crippen LogP contribution in [0.2, 0.25) is 0 Å². The molecule has 0 amide bonds. The van der Waals surface area contributed by atoms with Gasteiger partial charge < -0.3 is 18.0 Å². The summed E-state index contributed by atoms with van der Waals surface area (Å²) in [4.78, 5) is 0. The Labute approximate surface area is 422 Å². The number of hydrogen-bond acceptors (Lipinski definition) is 2. The van der Waals surface area contributed by atoms with Gasteiger partial charge in [0.2, 0.25) is 0 Å². The summed E-state index contributed by atoms with van der Waals surface area (Å²) in [5.74, 6) is 0. The van der Waals surface area contributed by atoms with Crippen LogP contribution in [0.3, 0.4) is 0 Å². The first-order chi connectivity index (χ1) is 36.7. The van der Waals surface area contributed by atoms with Crippen molar-refractivity contribution in [3.05, 3.63) is 243 Å². The third-order valence-electron chi connectivity index (χ3n) is 16.0. The first kappa shape index (κ1) is 39.8. The Morgan fingerprint density at radius 1 is 0.216 bits per heavy atom. The summed E-state index contributed by atoms with van der Waals surface area (Å²) in [5, 5.41) is 19.0. The van der Waals surface area contributed by atoms with E-state index in [0.717, 1.165) is 66.4 Å². The van der Waals surface area contributed by atoms with E-state index in [9.17, 15) is 0 Å². The van der Waals surface area contributed by atoms with Crippen LogP contribution in [0.4, 0.5) is 0 Å². The number of benzene rings is 13. The van der Waals surface area contributed by atoms with Gasteiger partial charge in [-0.3, -0.25) is 0 Å². The third-order valence-corrected chi connectivity index (χ3v) is 16.0. The molecular formula is C70H40N2O2. The molecule has 0 saturated heterocycles. The molecule has 0 aliphatic heterocycles. The summed E-state index contributed by atoms with van der Waals surface area (Å²) in [7, 11) is 0. The number of para-hydroxylation sites is 6. The number of furan rings is 2. The molecule has 0 aliphatic carbocycles. The molecule has 0 unspecified atom stereocenters. The molecule has 0 fully saturated rings. The minimum atomic E-state index is 0.889. The highest BCUT2D eigenvalue weighted by atomic mass is 16.3. The molecule has 0 atom stereocenters. The zero-order chi connectivity index (χ0) is 48.2. The third kappa shape index (κ3) is 5.57. The molecular weight excluding hydrogens is 901 g/mol. The van der Waals surface area contributed by atoms with Crippen LogP contribution in [0.5, 0.6) is 0 Å². The molecule has 0 spiro atoms. The van der Waals surface area contributed by atoms with Gasteiger partial charge >= 0.3 is 0 Å². The Morgan fingerprint density at radius 2 is 0.608 bits per heavy atom. The highest BCUT2D eigenvalue weighted by molar-refractivity contribution is 6.28. The van der Waals surface area contributed by atoms with Gasteiger partial charge in [0.15, 0.2) is 0 Å². The molecule has 4 aromatic heterocycles. The lowest BCUT2D eigenvalue weighted by atomic mass is 9.87. The fourth-order valence-corrected chi connectivity index (χ4v) is 12.7. The van der Waals surface area contributed by atoms with Crippen LogP contribution in [0, 0.1) is 0 Å². The Hall–Kier alpha value is -9.90. The van der Waals surface area contributed by atoms with E-state index in [2.05, 4.69) is 240 Å². The van der Waals surface area contributed by atoms with Crippen LogP contribution in [0.15, 0.2) is 251 Å². The second kappa shape index (κ2) is 14.8. The van der Waals surface area contributed by atoms with Gasteiger partial charge in [0, 0.05) is 54.5 Å². The summed E-state index contributed by atoms with van der Waals surface area (Å²) in [5.41, 5.74) is 15.2. The highest BCUT2D eigenvalue weighted by Gasteiger charge is 2.22. The van der Waals surface area contributed by atoms with Gasteiger partial charge in [-0.15, -0.1) is 0 Å². The van der Waals surface area contributed by atoms with Crippen LogP contribution in [-0.2, 0) is 0 Å². The van der Waals surface area contributed by atoms with Gasteiger partial charge in [0.1, 0.15) is 22.3 Å². The second-order valence-corrected chi connectivity index (χ2v) is 20.0. The summed E-state index contributed by atoms with van der Waals surface area (Å²) in [6, 6.07) is 89.1. The van der Waals surface area contributed by atoms with Crippen molar-refractivity contribution in [1.82, 2.24) is 9.13 Å². The average molecular weight is 941 g/mol. The van der Waals surface area contributed by atoms with E-state index in [1.165, 1.54) is 97.8 Å². The lowest BCUT2D eigenvalue weighted by Gasteiger charge is -2.17. The second-order valence-electron chi connectivity index (χ2n) is 20.0. The van der Waals surface area contributed by atoms with Crippen molar-refractivity contribution < 1.29 is 8.83 Å². The smallest absolute Gasteiger partial charge is 0.135 e. The van der Waals surface area contributed by atoms with Crippen LogP contribution < -0.4 is 0 Å². The predicted octanol–water partition coefficient (Wildman–Crippen LogP) is 19.6. The molecule has 74 heavy (non-hydrogen) atoms. The normalized spacial score (nSPS) is 12.3.